The average molecular weight is 185 g/mol. The van der Waals surface area contributed by atoms with Crippen molar-refractivity contribution in [3.63, 3.8) is 0 Å². The van der Waals surface area contributed by atoms with Crippen LogP contribution >= 0.6 is 0 Å². The second-order valence-corrected chi connectivity index (χ2v) is 2.48. The summed E-state index contributed by atoms with van der Waals surface area (Å²) in [6, 6.07) is 3.02. The summed E-state index contributed by atoms with van der Waals surface area (Å²) in [7, 11) is 0. The summed E-state index contributed by atoms with van der Waals surface area (Å²) in [4.78, 5) is 11.0. The predicted octanol–water partition coefficient (Wildman–Crippen LogP) is 1.34. The van der Waals surface area contributed by atoms with Gasteiger partial charge in [0.25, 0.3) is 0 Å². The fourth-order valence-electron chi connectivity index (χ4n) is 0.900. The third kappa shape index (κ3) is 1.89. The van der Waals surface area contributed by atoms with Gasteiger partial charge in [0, 0.05) is 0 Å². The third-order valence-electron chi connectivity index (χ3n) is 1.51. The molecule has 0 bridgehead atoms. The summed E-state index contributed by atoms with van der Waals surface area (Å²) in [5.74, 6) is -3.05. The summed E-state index contributed by atoms with van der Waals surface area (Å²) >= 11 is 0. The lowest BCUT2D eigenvalue weighted by Gasteiger charge is -2.05. The molecule has 0 aliphatic carbocycles. The molecule has 1 rings (SSSR count). The Morgan fingerprint density at radius 1 is 1.38 bits per heavy atom. The van der Waals surface area contributed by atoms with Gasteiger partial charge in [-0.1, -0.05) is 6.07 Å². The van der Waals surface area contributed by atoms with Crippen molar-refractivity contribution >= 4 is 5.78 Å². The van der Waals surface area contributed by atoms with E-state index in [2.05, 4.69) is 6.92 Å². The maximum absolute atomic E-state index is 12.9. The predicted molar refractivity (Wildman–Crippen MR) is 42.1 cm³/mol. The molecule has 0 saturated heterocycles. The third-order valence-corrected chi connectivity index (χ3v) is 1.51. The molecule has 0 fully saturated rings. The molecule has 0 amide bonds. The van der Waals surface area contributed by atoms with Crippen molar-refractivity contribution in [1.29, 1.82) is 0 Å². The summed E-state index contributed by atoms with van der Waals surface area (Å²) in [5.41, 5.74) is -0.745. The molecule has 4 heteroatoms. The summed E-state index contributed by atoms with van der Waals surface area (Å²) in [6.07, 6.45) is -1.65. The van der Waals surface area contributed by atoms with Crippen molar-refractivity contribution in [3.8, 4) is 0 Å². The van der Waals surface area contributed by atoms with Crippen molar-refractivity contribution in [2.45, 2.75) is 6.10 Å². The van der Waals surface area contributed by atoms with Gasteiger partial charge in [0.2, 0.25) is 0 Å². The van der Waals surface area contributed by atoms with Crippen molar-refractivity contribution in [2.24, 2.45) is 0 Å². The van der Waals surface area contributed by atoms with Crippen LogP contribution in [0.25, 0.3) is 0 Å². The largest absolute Gasteiger partial charge is 0.385 e. The molecule has 69 valence electrons. The molecule has 0 aliphatic heterocycles. The van der Waals surface area contributed by atoms with Crippen LogP contribution in [-0.2, 0) is 0 Å². The Kier molecular flexibility index (Phi) is 2.72. The highest BCUT2D eigenvalue weighted by molar-refractivity contribution is 6.00. The number of carbonyl (C=O) groups is 1. The first-order valence-corrected chi connectivity index (χ1v) is 3.53. The molecule has 1 radical (unpaired) electrons. The molecular formula is C9H7F2O2. The second kappa shape index (κ2) is 3.62. The summed E-state index contributed by atoms with van der Waals surface area (Å²) < 4.78 is 25.7. The molecule has 13 heavy (non-hydrogen) atoms. The molecule has 0 aromatic heterocycles. The minimum absolute atomic E-state index is 0.745. The van der Waals surface area contributed by atoms with Crippen molar-refractivity contribution in [3.05, 3.63) is 42.3 Å². The normalized spacial score (nSPS) is 12.6. The number of hydrogen-bond donors (Lipinski definition) is 1. The van der Waals surface area contributed by atoms with Gasteiger partial charge >= 0.3 is 0 Å². The van der Waals surface area contributed by atoms with E-state index in [9.17, 15) is 13.6 Å². The lowest BCUT2D eigenvalue weighted by Crippen LogP contribution is -2.19. The molecule has 1 atom stereocenters. The fraction of sp³-hybridized carbons (Fsp3) is 0.111. The quantitative estimate of drug-likeness (QED) is 0.706. The SMILES string of the molecule is [CH2]C(O)C(=O)c1c(F)cccc1F. The minimum Gasteiger partial charge on any atom is -0.385 e. The number of halogens is 2. The van der Waals surface area contributed by atoms with Crippen LogP contribution in [-0.4, -0.2) is 17.0 Å². The van der Waals surface area contributed by atoms with Crippen LogP contribution in [0.2, 0.25) is 0 Å². The molecule has 0 spiro atoms. The van der Waals surface area contributed by atoms with Crippen LogP contribution in [0, 0.1) is 18.6 Å². The number of aliphatic hydroxyl groups excluding tert-OH is 1. The van der Waals surface area contributed by atoms with E-state index in [0.29, 0.717) is 0 Å². The Bertz CT molecular complexity index is 314. The Balaban J connectivity index is 3.20. The van der Waals surface area contributed by atoms with E-state index in [4.69, 9.17) is 5.11 Å². The highest BCUT2D eigenvalue weighted by atomic mass is 19.1. The van der Waals surface area contributed by atoms with E-state index < -0.39 is 29.1 Å². The number of ketones is 1. The second-order valence-electron chi connectivity index (χ2n) is 2.48. The van der Waals surface area contributed by atoms with Crippen LogP contribution in [0.3, 0.4) is 0 Å². The monoisotopic (exact) mass is 185 g/mol. The number of benzene rings is 1. The van der Waals surface area contributed by atoms with Crippen LogP contribution < -0.4 is 0 Å². The summed E-state index contributed by atoms with van der Waals surface area (Å²) in [5, 5.41) is 8.73. The van der Waals surface area contributed by atoms with Gasteiger partial charge in [-0.25, -0.2) is 8.78 Å². The van der Waals surface area contributed by atoms with E-state index >= 15 is 0 Å². The first-order chi connectivity index (χ1) is 6.04. The first-order valence-electron chi connectivity index (χ1n) is 3.53. The number of carbonyl (C=O) groups excluding carboxylic acids is 1. The van der Waals surface area contributed by atoms with Crippen LogP contribution in [0.5, 0.6) is 0 Å². The minimum atomic E-state index is -1.65. The zero-order valence-electron chi connectivity index (χ0n) is 6.63. The van der Waals surface area contributed by atoms with E-state index in [-0.39, 0.29) is 0 Å². The topological polar surface area (TPSA) is 37.3 Å². The van der Waals surface area contributed by atoms with Gasteiger partial charge in [0.1, 0.15) is 17.7 Å². The summed E-state index contributed by atoms with van der Waals surface area (Å²) in [6.45, 7) is 2.97. The number of Topliss-reactive ketones (excluding diaryl/α,β-unsaturated/α-hetero) is 1. The maximum Gasteiger partial charge on any atom is 0.197 e. The fourth-order valence-corrected chi connectivity index (χ4v) is 0.900. The Labute approximate surface area is 73.8 Å². The smallest absolute Gasteiger partial charge is 0.197 e. The van der Waals surface area contributed by atoms with E-state index in [0.717, 1.165) is 18.2 Å². The van der Waals surface area contributed by atoms with Gasteiger partial charge in [-0.15, -0.1) is 0 Å². The highest BCUT2D eigenvalue weighted by Crippen LogP contribution is 2.13. The number of hydrogen-bond acceptors (Lipinski definition) is 2. The maximum atomic E-state index is 12.9. The van der Waals surface area contributed by atoms with Crippen molar-refractivity contribution in [1.82, 2.24) is 0 Å². The molecule has 1 N–H and O–H groups in total. The van der Waals surface area contributed by atoms with E-state index in [1.54, 1.807) is 0 Å². The Hall–Kier alpha value is -1.29. The molecule has 1 aromatic carbocycles. The first kappa shape index (κ1) is 9.80. The molecule has 0 saturated carbocycles. The highest BCUT2D eigenvalue weighted by Gasteiger charge is 2.20. The molecule has 1 unspecified atom stereocenters. The molecule has 0 heterocycles. The number of aliphatic hydroxyl groups is 1. The lowest BCUT2D eigenvalue weighted by atomic mass is 10.1. The van der Waals surface area contributed by atoms with Gasteiger partial charge in [-0.3, -0.25) is 4.79 Å². The van der Waals surface area contributed by atoms with E-state index in [1.807, 2.05) is 0 Å². The standard InChI is InChI=1S/C9H7F2O2/c1-5(12)9(13)8-6(10)3-2-4-7(8)11/h2-5,12H,1H2. The van der Waals surface area contributed by atoms with Gasteiger partial charge in [-0.2, -0.15) is 0 Å². The van der Waals surface area contributed by atoms with E-state index in [1.165, 1.54) is 0 Å². The number of rotatable bonds is 2. The van der Waals surface area contributed by atoms with Crippen LogP contribution in [0.15, 0.2) is 18.2 Å². The van der Waals surface area contributed by atoms with Crippen molar-refractivity contribution in [2.75, 3.05) is 0 Å². The zero-order valence-corrected chi connectivity index (χ0v) is 6.63. The molecular weight excluding hydrogens is 178 g/mol. The van der Waals surface area contributed by atoms with Crippen molar-refractivity contribution < 1.29 is 18.7 Å². The average Bonchev–Trinajstić information content (AvgIpc) is 2.03. The Morgan fingerprint density at radius 3 is 2.23 bits per heavy atom. The molecule has 0 aliphatic rings. The van der Waals surface area contributed by atoms with Crippen LogP contribution in [0.1, 0.15) is 10.4 Å². The zero-order chi connectivity index (χ0) is 10.0. The molecule has 1 aromatic rings. The van der Waals surface area contributed by atoms with Gasteiger partial charge < -0.3 is 5.11 Å². The Morgan fingerprint density at radius 2 is 1.85 bits per heavy atom. The van der Waals surface area contributed by atoms with Crippen LogP contribution in [0.4, 0.5) is 8.78 Å². The lowest BCUT2D eigenvalue weighted by molar-refractivity contribution is 0.0807. The van der Waals surface area contributed by atoms with Gasteiger partial charge in [0.15, 0.2) is 5.78 Å². The molecule has 2 nitrogen and oxygen atoms in total. The van der Waals surface area contributed by atoms with Gasteiger partial charge in [0.05, 0.1) is 5.56 Å². The van der Waals surface area contributed by atoms with Gasteiger partial charge in [-0.05, 0) is 19.1 Å².